The maximum Gasteiger partial charge on any atom is 0.167 e. The standard InChI is InChI=1S/C18H20FNO/c1-18(2,20-13-14-8-4-3-5-9-14)12-17(21)15-10-6-7-11-16(15)19/h3-11,20H,12-13H2,1-2H3. The van der Waals surface area contributed by atoms with Gasteiger partial charge in [-0.25, -0.2) is 4.39 Å². The van der Waals surface area contributed by atoms with Crippen molar-refractivity contribution in [3.8, 4) is 0 Å². The zero-order valence-electron chi connectivity index (χ0n) is 12.4. The van der Waals surface area contributed by atoms with Crippen LogP contribution in [0.25, 0.3) is 0 Å². The molecule has 0 saturated carbocycles. The third-order valence-corrected chi connectivity index (χ3v) is 3.39. The van der Waals surface area contributed by atoms with Gasteiger partial charge in [0.25, 0.3) is 0 Å². The smallest absolute Gasteiger partial charge is 0.167 e. The lowest BCUT2D eigenvalue weighted by molar-refractivity contribution is 0.0944. The van der Waals surface area contributed by atoms with Crippen molar-refractivity contribution in [1.82, 2.24) is 5.32 Å². The average molecular weight is 285 g/mol. The van der Waals surface area contributed by atoms with Gasteiger partial charge in [-0.15, -0.1) is 0 Å². The normalized spacial score (nSPS) is 11.4. The second-order valence-electron chi connectivity index (χ2n) is 5.80. The topological polar surface area (TPSA) is 29.1 Å². The summed E-state index contributed by atoms with van der Waals surface area (Å²) in [5.41, 5.74) is 0.922. The molecule has 0 fully saturated rings. The molecule has 2 rings (SSSR count). The van der Waals surface area contributed by atoms with E-state index in [1.54, 1.807) is 12.1 Å². The molecular formula is C18H20FNO. The third-order valence-electron chi connectivity index (χ3n) is 3.39. The molecule has 2 aromatic carbocycles. The first-order chi connectivity index (χ1) is 9.98. The molecule has 0 saturated heterocycles. The van der Waals surface area contributed by atoms with E-state index in [4.69, 9.17) is 0 Å². The van der Waals surface area contributed by atoms with Crippen molar-refractivity contribution >= 4 is 5.78 Å². The van der Waals surface area contributed by atoms with Gasteiger partial charge in [0.15, 0.2) is 5.78 Å². The number of rotatable bonds is 6. The fourth-order valence-electron chi connectivity index (χ4n) is 2.18. The maximum atomic E-state index is 13.6. The number of halogens is 1. The fourth-order valence-corrected chi connectivity index (χ4v) is 2.18. The summed E-state index contributed by atoms with van der Waals surface area (Å²) in [6.07, 6.45) is 0.251. The van der Waals surface area contributed by atoms with E-state index in [-0.39, 0.29) is 17.8 Å². The molecule has 0 radical (unpaired) electrons. The SMILES string of the molecule is CC(C)(CC(=O)c1ccccc1F)NCc1ccccc1. The zero-order chi connectivity index (χ0) is 15.3. The van der Waals surface area contributed by atoms with Gasteiger partial charge in [0.1, 0.15) is 5.82 Å². The third kappa shape index (κ3) is 4.50. The van der Waals surface area contributed by atoms with E-state index in [0.717, 1.165) is 5.56 Å². The molecule has 0 bridgehead atoms. The minimum Gasteiger partial charge on any atom is -0.307 e. The number of nitrogens with one attached hydrogen (secondary N) is 1. The minimum atomic E-state index is -0.457. The quantitative estimate of drug-likeness (QED) is 0.814. The number of hydrogen-bond donors (Lipinski definition) is 1. The molecule has 110 valence electrons. The van der Waals surface area contributed by atoms with E-state index in [1.807, 2.05) is 44.2 Å². The monoisotopic (exact) mass is 285 g/mol. The van der Waals surface area contributed by atoms with Crippen LogP contribution in [0, 0.1) is 5.82 Å². The first-order valence-electron chi connectivity index (χ1n) is 7.05. The van der Waals surface area contributed by atoms with Crippen molar-refractivity contribution in [2.24, 2.45) is 0 Å². The van der Waals surface area contributed by atoms with Gasteiger partial charge in [-0.1, -0.05) is 42.5 Å². The largest absolute Gasteiger partial charge is 0.307 e. The van der Waals surface area contributed by atoms with Crippen molar-refractivity contribution in [2.45, 2.75) is 32.4 Å². The molecule has 0 atom stereocenters. The highest BCUT2D eigenvalue weighted by molar-refractivity contribution is 5.96. The highest BCUT2D eigenvalue weighted by Gasteiger charge is 2.23. The highest BCUT2D eigenvalue weighted by Crippen LogP contribution is 2.17. The Balaban J connectivity index is 1.97. The molecule has 0 heterocycles. The van der Waals surface area contributed by atoms with Crippen LogP contribution in [0.4, 0.5) is 4.39 Å². The van der Waals surface area contributed by atoms with Crippen LogP contribution in [-0.4, -0.2) is 11.3 Å². The molecule has 2 nitrogen and oxygen atoms in total. The number of ketones is 1. The summed E-state index contributed by atoms with van der Waals surface area (Å²) in [5.74, 6) is -0.639. The lowest BCUT2D eigenvalue weighted by Crippen LogP contribution is -2.40. The summed E-state index contributed by atoms with van der Waals surface area (Å²) in [6, 6.07) is 16.1. The van der Waals surface area contributed by atoms with Gasteiger partial charge >= 0.3 is 0 Å². The van der Waals surface area contributed by atoms with Crippen LogP contribution in [-0.2, 0) is 6.54 Å². The molecule has 0 spiro atoms. The van der Waals surface area contributed by atoms with Gasteiger partial charge in [0.05, 0.1) is 5.56 Å². The average Bonchev–Trinajstić information content (AvgIpc) is 2.46. The summed E-state index contributed by atoms with van der Waals surface area (Å²) < 4.78 is 13.6. The van der Waals surface area contributed by atoms with Crippen molar-refractivity contribution in [3.05, 3.63) is 71.5 Å². The zero-order valence-corrected chi connectivity index (χ0v) is 12.4. The van der Waals surface area contributed by atoms with Gasteiger partial charge in [0, 0.05) is 18.5 Å². The summed E-state index contributed by atoms with van der Waals surface area (Å²) in [7, 11) is 0. The second-order valence-corrected chi connectivity index (χ2v) is 5.80. The van der Waals surface area contributed by atoms with Crippen LogP contribution in [0.5, 0.6) is 0 Å². The van der Waals surface area contributed by atoms with Crippen molar-refractivity contribution in [1.29, 1.82) is 0 Å². The van der Waals surface area contributed by atoms with Crippen LogP contribution in [0.1, 0.15) is 36.2 Å². The summed E-state index contributed by atoms with van der Waals surface area (Å²) in [5, 5.41) is 3.35. The van der Waals surface area contributed by atoms with Gasteiger partial charge in [-0.3, -0.25) is 4.79 Å². The summed E-state index contributed by atoms with van der Waals surface area (Å²) in [6.45, 7) is 4.59. The Hall–Kier alpha value is -2.00. The van der Waals surface area contributed by atoms with Gasteiger partial charge in [0.2, 0.25) is 0 Å². The van der Waals surface area contributed by atoms with Gasteiger partial charge in [-0.05, 0) is 31.5 Å². The number of hydrogen-bond acceptors (Lipinski definition) is 2. The fraction of sp³-hybridized carbons (Fsp3) is 0.278. The summed E-state index contributed by atoms with van der Waals surface area (Å²) >= 11 is 0. The van der Waals surface area contributed by atoms with Crippen LogP contribution >= 0.6 is 0 Å². The minimum absolute atomic E-state index is 0.159. The first kappa shape index (κ1) is 15.4. The first-order valence-corrected chi connectivity index (χ1v) is 7.05. The molecular weight excluding hydrogens is 265 g/mol. The van der Waals surface area contributed by atoms with Crippen LogP contribution in [0.15, 0.2) is 54.6 Å². The molecule has 2 aromatic rings. The molecule has 0 aromatic heterocycles. The molecule has 21 heavy (non-hydrogen) atoms. The van der Waals surface area contributed by atoms with Gasteiger partial charge in [-0.2, -0.15) is 0 Å². The molecule has 1 N–H and O–H groups in total. The Kier molecular flexibility index (Phi) is 4.86. The van der Waals surface area contributed by atoms with Crippen molar-refractivity contribution in [3.63, 3.8) is 0 Å². The molecule has 0 aliphatic carbocycles. The summed E-state index contributed by atoms with van der Waals surface area (Å²) in [4.78, 5) is 12.2. The molecule has 0 aliphatic heterocycles. The lowest BCUT2D eigenvalue weighted by atomic mass is 9.93. The van der Waals surface area contributed by atoms with Crippen LogP contribution in [0.3, 0.4) is 0 Å². The Morgan fingerprint density at radius 1 is 1.05 bits per heavy atom. The van der Waals surface area contributed by atoms with E-state index >= 15 is 0 Å². The number of Topliss-reactive ketones (excluding diaryl/α,β-unsaturated/α-hetero) is 1. The Bertz CT molecular complexity index is 608. The van der Waals surface area contributed by atoms with E-state index in [2.05, 4.69) is 5.32 Å². The Morgan fingerprint density at radius 2 is 1.67 bits per heavy atom. The van der Waals surface area contributed by atoms with E-state index in [0.29, 0.717) is 6.54 Å². The van der Waals surface area contributed by atoms with E-state index in [9.17, 15) is 9.18 Å². The molecule has 0 aliphatic rings. The van der Waals surface area contributed by atoms with Crippen molar-refractivity contribution < 1.29 is 9.18 Å². The molecule has 3 heteroatoms. The van der Waals surface area contributed by atoms with E-state index in [1.165, 1.54) is 12.1 Å². The molecule has 0 unspecified atom stereocenters. The predicted molar refractivity (Wildman–Crippen MR) is 82.7 cm³/mol. The number of carbonyl (C=O) groups excluding carboxylic acids is 1. The highest BCUT2D eigenvalue weighted by atomic mass is 19.1. The van der Waals surface area contributed by atoms with Crippen molar-refractivity contribution in [2.75, 3.05) is 0 Å². The predicted octanol–water partition coefficient (Wildman–Crippen LogP) is 3.97. The lowest BCUT2D eigenvalue weighted by Gasteiger charge is -2.26. The maximum absolute atomic E-state index is 13.6. The van der Waals surface area contributed by atoms with Crippen LogP contribution < -0.4 is 5.32 Å². The molecule has 0 amide bonds. The van der Waals surface area contributed by atoms with Crippen LogP contribution in [0.2, 0.25) is 0 Å². The second kappa shape index (κ2) is 6.64. The Morgan fingerprint density at radius 3 is 2.33 bits per heavy atom. The number of benzene rings is 2. The van der Waals surface area contributed by atoms with Gasteiger partial charge < -0.3 is 5.32 Å². The Labute approximate surface area is 125 Å². The van der Waals surface area contributed by atoms with E-state index < -0.39 is 11.4 Å². The number of carbonyl (C=O) groups is 1.